The average Bonchev–Trinajstić information content (AvgIpc) is 2.88. The minimum atomic E-state index is -3.55. The highest BCUT2D eigenvalue weighted by Crippen LogP contribution is 2.25. The molecule has 1 aromatic heterocycles. The summed E-state index contributed by atoms with van der Waals surface area (Å²) in [7, 11) is -2.29. The molecule has 0 spiro atoms. The minimum Gasteiger partial charge on any atom is -0.494 e. The molecule has 192 valence electrons. The number of nitrogens with one attached hydrogen (secondary N) is 1. The Hall–Kier alpha value is -2.65. The van der Waals surface area contributed by atoms with E-state index >= 15 is 0 Å². The third-order valence-corrected chi connectivity index (χ3v) is 7.84. The van der Waals surface area contributed by atoms with Gasteiger partial charge in [0.1, 0.15) is 11.8 Å². The van der Waals surface area contributed by atoms with Gasteiger partial charge in [-0.25, -0.2) is 13.1 Å². The molecule has 2 aromatic rings. The van der Waals surface area contributed by atoms with E-state index in [0.717, 1.165) is 50.1 Å². The Morgan fingerprint density at radius 3 is 2.46 bits per heavy atom. The third-order valence-electron chi connectivity index (χ3n) is 6.37. The molecule has 0 amide bonds. The maximum atomic E-state index is 12.3. The van der Waals surface area contributed by atoms with Gasteiger partial charge < -0.3 is 14.4 Å². The third kappa shape index (κ3) is 8.81. The molecule has 1 atom stereocenters. The van der Waals surface area contributed by atoms with Gasteiger partial charge in [-0.1, -0.05) is 25.5 Å². The van der Waals surface area contributed by atoms with Gasteiger partial charge in [0.2, 0.25) is 10.0 Å². The van der Waals surface area contributed by atoms with E-state index in [-0.39, 0.29) is 12.2 Å². The van der Waals surface area contributed by atoms with Crippen molar-refractivity contribution in [3.8, 4) is 5.75 Å². The van der Waals surface area contributed by atoms with Crippen LogP contribution < -0.4 is 14.4 Å². The number of ether oxygens (including phenoxy) is 2. The van der Waals surface area contributed by atoms with Crippen molar-refractivity contribution in [1.82, 2.24) is 9.71 Å². The van der Waals surface area contributed by atoms with Gasteiger partial charge in [-0.3, -0.25) is 9.78 Å². The standard InChI is InChI=1S/C26H37N3O5S/c1-3-4-19-35(31,32)28-25(26(30)33-2)20-22-5-7-24(8-6-22)34-18-13-21-11-16-29(17-12-21)23-9-14-27-15-10-23/h5-10,14-15,21,25,28H,3-4,11-13,16-20H2,1-2H3. The number of aromatic nitrogens is 1. The lowest BCUT2D eigenvalue weighted by Gasteiger charge is -2.33. The molecule has 8 nitrogen and oxygen atoms in total. The van der Waals surface area contributed by atoms with Crippen LogP contribution in [0.2, 0.25) is 0 Å². The number of rotatable bonds is 13. The van der Waals surface area contributed by atoms with Crippen LogP contribution in [0.4, 0.5) is 5.69 Å². The molecule has 1 unspecified atom stereocenters. The summed E-state index contributed by atoms with van der Waals surface area (Å²) in [5, 5.41) is 0. The van der Waals surface area contributed by atoms with Gasteiger partial charge >= 0.3 is 5.97 Å². The lowest BCUT2D eigenvalue weighted by molar-refractivity contribution is -0.142. The molecular formula is C26H37N3O5S. The maximum Gasteiger partial charge on any atom is 0.324 e. The van der Waals surface area contributed by atoms with Gasteiger partial charge in [-0.2, -0.15) is 0 Å². The topological polar surface area (TPSA) is 97.8 Å². The fourth-order valence-electron chi connectivity index (χ4n) is 4.26. The molecular weight excluding hydrogens is 466 g/mol. The fraction of sp³-hybridized carbons (Fsp3) is 0.538. The number of sulfonamides is 1. The van der Waals surface area contributed by atoms with Gasteiger partial charge in [0.15, 0.2) is 0 Å². The summed E-state index contributed by atoms with van der Waals surface area (Å²) in [6.07, 6.45) is 8.49. The molecule has 0 saturated carbocycles. The SMILES string of the molecule is CCCCS(=O)(=O)NC(Cc1ccc(OCCC2CCN(c3ccncc3)CC2)cc1)C(=O)OC. The summed E-state index contributed by atoms with van der Waals surface area (Å²) in [5.41, 5.74) is 2.06. The van der Waals surface area contributed by atoms with E-state index < -0.39 is 22.0 Å². The molecule has 1 fully saturated rings. The van der Waals surface area contributed by atoms with E-state index in [2.05, 4.69) is 26.7 Å². The van der Waals surface area contributed by atoms with Crippen molar-refractivity contribution in [2.24, 2.45) is 5.92 Å². The monoisotopic (exact) mass is 503 g/mol. The predicted molar refractivity (Wildman–Crippen MR) is 137 cm³/mol. The second-order valence-electron chi connectivity index (χ2n) is 8.99. The second kappa shape index (κ2) is 13.4. The van der Waals surface area contributed by atoms with Crippen LogP contribution in [0.1, 0.15) is 44.6 Å². The first kappa shape index (κ1) is 26.9. The first-order valence-corrected chi connectivity index (χ1v) is 14.0. The molecule has 1 aliphatic rings. The van der Waals surface area contributed by atoms with E-state index in [4.69, 9.17) is 9.47 Å². The van der Waals surface area contributed by atoms with Crippen LogP contribution in [0.3, 0.4) is 0 Å². The normalized spacial score (nSPS) is 15.5. The second-order valence-corrected chi connectivity index (χ2v) is 10.9. The van der Waals surface area contributed by atoms with Gasteiger partial charge in [0, 0.05) is 31.2 Å². The number of benzene rings is 1. The molecule has 1 N–H and O–H groups in total. The van der Waals surface area contributed by atoms with Crippen LogP contribution in [0.25, 0.3) is 0 Å². The molecule has 1 aliphatic heterocycles. The van der Waals surface area contributed by atoms with E-state index in [1.54, 1.807) is 0 Å². The molecule has 0 aliphatic carbocycles. The Labute approximate surface area is 209 Å². The quantitative estimate of drug-likeness (QED) is 0.417. The van der Waals surface area contributed by atoms with Crippen molar-refractivity contribution in [3.63, 3.8) is 0 Å². The number of hydrogen-bond donors (Lipinski definition) is 1. The zero-order valence-corrected chi connectivity index (χ0v) is 21.5. The molecule has 35 heavy (non-hydrogen) atoms. The molecule has 0 radical (unpaired) electrons. The van der Waals surface area contributed by atoms with Gasteiger partial charge in [0.05, 0.1) is 19.5 Å². The summed E-state index contributed by atoms with van der Waals surface area (Å²) >= 11 is 0. The number of methoxy groups -OCH3 is 1. The largest absolute Gasteiger partial charge is 0.494 e. The predicted octanol–water partition coefficient (Wildman–Crippen LogP) is 3.57. The number of carbonyl (C=O) groups excluding carboxylic acids is 1. The van der Waals surface area contributed by atoms with Crippen molar-refractivity contribution in [2.45, 2.75) is 51.5 Å². The lowest BCUT2D eigenvalue weighted by atomic mass is 9.93. The van der Waals surface area contributed by atoms with Crippen molar-refractivity contribution < 1.29 is 22.7 Å². The van der Waals surface area contributed by atoms with Gasteiger partial charge in [-0.05, 0) is 67.9 Å². The molecule has 2 heterocycles. The Morgan fingerprint density at radius 2 is 1.83 bits per heavy atom. The number of esters is 1. The molecule has 3 rings (SSSR count). The summed E-state index contributed by atoms with van der Waals surface area (Å²) in [6.45, 7) is 4.67. The number of nitrogens with zero attached hydrogens (tertiary/aromatic N) is 2. The minimum absolute atomic E-state index is 0.00741. The number of anilines is 1. The summed E-state index contributed by atoms with van der Waals surface area (Å²) in [5.74, 6) is 0.808. The first-order valence-electron chi connectivity index (χ1n) is 12.3. The summed E-state index contributed by atoms with van der Waals surface area (Å²) in [4.78, 5) is 18.6. The van der Waals surface area contributed by atoms with Crippen LogP contribution in [-0.2, 0) is 26.0 Å². The number of piperidine rings is 1. The van der Waals surface area contributed by atoms with Crippen molar-refractivity contribution in [2.75, 3.05) is 37.5 Å². The zero-order chi connectivity index (χ0) is 25.1. The molecule has 9 heteroatoms. The van der Waals surface area contributed by atoms with Crippen LogP contribution in [-0.4, -0.2) is 58.0 Å². The van der Waals surface area contributed by atoms with E-state index in [0.29, 0.717) is 18.9 Å². The average molecular weight is 504 g/mol. The number of unbranched alkanes of at least 4 members (excludes halogenated alkanes) is 1. The molecule has 0 bridgehead atoms. The number of carbonyl (C=O) groups is 1. The molecule has 1 saturated heterocycles. The van der Waals surface area contributed by atoms with Crippen LogP contribution in [0, 0.1) is 5.92 Å². The summed E-state index contributed by atoms with van der Waals surface area (Å²) in [6, 6.07) is 10.6. The summed E-state index contributed by atoms with van der Waals surface area (Å²) < 4.78 is 37.8. The van der Waals surface area contributed by atoms with Gasteiger partial charge in [0.25, 0.3) is 0 Å². The Bertz CT molecular complexity index is 1010. The van der Waals surface area contributed by atoms with Crippen molar-refractivity contribution >= 4 is 21.7 Å². The smallest absolute Gasteiger partial charge is 0.324 e. The van der Waals surface area contributed by atoms with E-state index in [1.165, 1.54) is 12.8 Å². The van der Waals surface area contributed by atoms with E-state index in [1.807, 2.05) is 43.6 Å². The van der Waals surface area contributed by atoms with Crippen LogP contribution >= 0.6 is 0 Å². The highest BCUT2D eigenvalue weighted by Gasteiger charge is 2.25. The van der Waals surface area contributed by atoms with Crippen LogP contribution in [0.5, 0.6) is 5.75 Å². The van der Waals surface area contributed by atoms with Crippen molar-refractivity contribution in [3.05, 3.63) is 54.4 Å². The Kier molecular flexibility index (Phi) is 10.3. The van der Waals surface area contributed by atoms with Gasteiger partial charge in [-0.15, -0.1) is 0 Å². The maximum absolute atomic E-state index is 12.3. The highest BCUT2D eigenvalue weighted by atomic mass is 32.2. The highest BCUT2D eigenvalue weighted by molar-refractivity contribution is 7.89. The Morgan fingerprint density at radius 1 is 1.14 bits per heavy atom. The van der Waals surface area contributed by atoms with Crippen molar-refractivity contribution in [1.29, 1.82) is 0 Å². The molecule has 1 aromatic carbocycles. The number of hydrogen-bond acceptors (Lipinski definition) is 7. The Balaban J connectivity index is 1.44. The lowest BCUT2D eigenvalue weighted by Crippen LogP contribution is -2.43. The zero-order valence-electron chi connectivity index (χ0n) is 20.7. The van der Waals surface area contributed by atoms with E-state index in [9.17, 15) is 13.2 Å². The van der Waals surface area contributed by atoms with Crippen LogP contribution in [0.15, 0.2) is 48.8 Å². The first-order chi connectivity index (χ1) is 16.9. The fourth-order valence-corrected chi connectivity index (χ4v) is 5.66. The number of pyridine rings is 1.